The maximum atomic E-state index is 12.5. The molecular formula is C23H15Cl3N2O3. The van der Waals surface area contributed by atoms with E-state index in [0.29, 0.717) is 49.1 Å². The van der Waals surface area contributed by atoms with Crippen LogP contribution < -0.4 is 10.1 Å². The highest BCUT2D eigenvalue weighted by atomic mass is 35.5. The van der Waals surface area contributed by atoms with Crippen LogP contribution in [-0.4, -0.2) is 18.0 Å². The van der Waals surface area contributed by atoms with Gasteiger partial charge in [0.2, 0.25) is 11.8 Å². The van der Waals surface area contributed by atoms with Crippen molar-refractivity contribution in [1.82, 2.24) is 4.98 Å². The van der Waals surface area contributed by atoms with E-state index in [2.05, 4.69) is 10.3 Å². The summed E-state index contributed by atoms with van der Waals surface area (Å²) in [6.07, 6.45) is 2.93. The molecule has 0 unspecified atom stereocenters. The van der Waals surface area contributed by atoms with Gasteiger partial charge in [0.25, 0.3) is 0 Å². The van der Waals surface area contributed by atoms with Crippen LogP contribution in [0.5, 0.6) is 5.75 Å². The lowest BCUT2D eigenvalue weighted by Gasteiger charge is -2.08. The van der Waals surface area contributed by atoms with Gasteiger partial charge in [0.05, 0.1) is 22.7 Å². The molecule has 0 aliphatic carbocycles. The van der Waals surface area contributed by atoms with Gasteiger partial charge >= 0.3 is 0 Å². The number of methoxy groups -OCH3 is 1. The quantitative estimate of drug-likeness (QED) is 0.314. The molecule has 31 heavy (non-hydrogen) atoms. The van der Waals surface area contributed by atoms with E-state index < -0.39 is 0 Å². The average Bonchev–Trinajstić information content (AvgIpc) is 3.17. The minimum absolute atomic E-state index is 0.357. The van der Waals surface area contributed by atoms with Crippen molar-refractivity contribution < 1.29 is 13.9 Å². The van der Waals surface area contributed by atoms with Gasteiger partial charge in [0, 0.05) is 22.3 Å². The molecular weight excluding hydrogens is 459 g/mol. The van der Waals surface area contributed by atoms with Crippen LogP contribution in [-0.2, 0) is 4.79 Å². The van der Waals surface area contributed by atoms with E-state index >= 15 is 0 Å². The summed E-state index contributed by atoms with van der Waals surface area (Å²) in [6, 6.07) is 15.7. The van der Waals surface area contributed by atoms with E-state index in [4.69, 9.17) is 44.0 Å². The number of oxazole rings is 1. The van der Waals surface area contributed by atoms with E-state index in [1.54, 1.807) is 36.4 Å². The number of aromatic nitrogens is 1. The molecule has 4 aromatic rings. The number of nitrogens with one attached hydrogen (secondary N) is 1. The smallest absolute Gasteiger partial charge is 0.248 e. The van der Waals surface area contributed by atoms with Gasteiger partial charge in [-0.05, 0) is 48.5 Å². The van der Waals surface area contributed by atoms with Crippen molar-refractivity contribution in [2.24, 2.45) is 0 Å². The fourth-order valence-corrected chi connectivity index (χ4v) is 3.81. The van der Waals surface area contributed by atoms with Gasteiger partial charge in [0.1, 0.15) is 11.3 Å². The van der Waals surface area contributed by atoms with Crippen molar-refractivity contribution in [3.63, 3.8) is 0 Å². The van der Waals surface area contributed by atoms with Crippen molar-refractivity contribution in [1.29, 1.82) is 0 Å². The predicted molar refractivity (Wildman–Crippen MR) is 125 cm³/mol. The molecule has 1 heterocycles. The molecule has 0 saturated heterocycles. The lowest BCUT2D eigenvalue weighted by atomic mass is 10.1. The maximum absolute atomic E-state index is 12.5. The van der Waals surface area contributed by atoms with Crippen LogP contribution in [0.1, 0.15) is 5.56 Å². The number of halogens is 3. The number of benzene rings is 3. The Morgan fingerprint density at radius 3 is 2.65 bits per heavy atom. The van der Waals surface area contributed by atoms with Crippen molar-refractivity contribution in [2.75, 3.05) is 12.4 Å². The third-order valence-corrected chi connectivity index (χ3v) is 5.24. The van der Waals surface area contributed by atoms with Crippen LogP contribution in [0.2, 0.25) is 15.1 Å². The second-order valence-corrected chi connectivity index (χ2v) is 7.76. The molecule has 0 aliphatic rings. The number of hydrogen-bond acceptors (Lipinski definition) is 4. The van der Waals surface area contributed by atoms with Crippen molar-refractivity contribution in [3.05, 3.63) is 81.3 Å². The van der Waals surface area contributed by atoms with E-state index in [0.717, 1.165) is 5.52 Å². The van der Waals surface area contributed by atoms with Gasteiger partial charge in [-0.1, -0.05) is 46.9 Å². The topological polar surface area (TPSA) is 64.4 Å². The number of fused-ring (bicyclic) bond motifs is 1. The Labute approximate surface area is 193 Å². The van der Waals surface area contributed by atoms with Gasteiger partial charge in [0.15, 0.2) is 5.58 Å². The molecule has 1 amide bonds. The van der Waals surface area contributed by atoms with Crippen LogP contribution in [0.15, 0.2) is 65.1 Å². The summed E-state index contributed by atoms with van der Waals surface area (Å²) in [5.41, 5.74) is 3.06. The minimum Gasteiger partial charge on any atom is -0.495 e. The van der Waals surface area contributed by atoms with Crippen LogP contribution in [0.25, 0.3) is 28.6 Å². The normalized spacial score (nSPS) is 11.2. The zero-order chi connectivity index (χ0) is 22.0. The van der Waals surface area contributed by atoms with Gasteiger partial charge in [-0.15, -0.1) is 0 Å². The van der Waals surface area contributed by atoms with Crippen LogP contribution >= 0.6 is 34.8 Å². The summed E-state index contributed by atoms with van der Waals surface area (Å²) in [5.74, 6) is 0.444. The Balaban J connectivity index is 1.57. The number of nitrogens with zero attached hydrogens (tertiary/aromatic N) is 1. The Morgan fingerprint density at radius 2 is 1.87 bits per heavy atom. The number of carbonyl (C=O) groups excluding carboxylic acids is 1. The molecule has 0 spiro atoms. The molecule has 0 aliphatic heterocycles. The van der Waals surface area contributed by atoms with Crippen LogP contribution in [0, 0.1) is 0 Å². The molecule has 1 aromatic heterocycles. The predicted octanol–water partition coefficient (Wildman–Crippen LogP) is 7.12. The fraction of sp³-hybridized carbons (Fsp3) is 0.0435. The summed E-state index contributed by atoms with van der Waals surface area (Å²) in [5, 5.41) is 4.04. The molecule has 1 N–H and O–H groups in total. The molecule has 5 nitrogen and oxygen atoms in total. The van der Waals surface area contributed by atoms with Gasteiger partial charge in [-0.2, -0.15) is 0 Å². The monoisotopic (exact) mass is 472 g/mol. The largest absolute Gasteiger partial charge is 0.495 e. The van der Waals surface area contributed by atoms with E-state index in [1.807, 2.05) is 24.3 Å². The third kappa shape index (κ3) is 4.69. The number of anilines is 1. The number of ether oxygens (including phenoxy) is 1. The van der Waals surface area contributed by atoms with E-state index in [1.165, 1.54) is 13.2 Å². The van der Waals surface area contributed by atoms with Gasteiger partial charge in [-0.25, -0.2) is 4.98 Å². The number of hydrogen-bond donors (Lipinski definition) is 1. The lowest BCUT2D eigenvalue weighted by molar-refractivity contribution is -0.111. The molecule has 8 heteroatoms. The second-order valence-electron chi connectivity index (χ2n) is 6.51. The zero-order valence-electron chi connectivity index (χ0n) is 16.2. The molecule has 4 rings (SSSR count). The maximum Gasteiger partial charge on any atom is 0.248 e. The summed E-state index contributed by atoms with van der Waals surface area (Å²) in [7, 11) is 1.49. The average molecular weight is 474 g/mol. The van der Waals surface area contributed by atoms with Gasteiger partial charge < -0.3 is 14.5 Å². The highest BCUT2D eigenvalue weighted by Gasteiger charge is 2.13. The van der Waals surface area contributed by atoms with Crippen molar-refractivity contribution in [2.45, 2.75) is 0 Å². The molecule has 3 aromatic carbocycles. The Kier molecular flexibility index (Phi) is 6.18. The van der Waals surface area contributed by atoms with E-state index in [-0.39, 0.29) is 5.91 Å². The first-order valence-corrected chi connectivity index (χ1v) is 10.3. The number of rotatable bonds is 5. The number of amides is 1. The molecule has 156 valence electrons. The fourth-order valence-electron chi connectivity index (χ4n) is 3.02. The Hall–Kier alpha value is -2.99. The summed E-state index contributed by atoms with van der Waals surface area (Å²) in [6.45, 7) is 0. The highest BCUT2D eigenvalue weighted by molar-refractivity contribution is 6.36. The molecule has 0 bridgehead atoms. The Morgan fingerprint density at radius 1 is 1.06 bits per heavy atom. The second kappa shape index (κ2) is 9.02. The first kappa shape index (κ1) is 21.2. The third-order valence-electron chi connectivity index (χ3n) is 4.41. The molecule has 0 saturated carbocycles. The summed E-state index contributed by atoms with van der Waals surface area (Å²) < 4.78 is 11.1. The molecule has 0 fully saturated rings. The van der Waals surface area contributed by atoms with Crippen LogP contribution in [0.4, 0.5) is 5.69 Å². The van der Waals surface area contributed by atoms with Gasteiger partial charge in [-0.3, -0.25) is 4.79 Å². The number of para-hydroxylation sites is 2. The summed E-state index contributed by atoms with van der Waals surface area (Å²) >= 11 is 18.5. The highest BCUT2D eigenvalue weighted by Crippen LogP contribution is 2.34. The van der Waals surface area contributed by atoms with Crippen molar-refractivity contribution >= 4 is 63.6 Å². The first-order chi connectivity index (χ1) is 14.9. The first-order valence-electron chi connectivity index (χ1n) is 9.12. The standard InChI is InChI=1S/C23H15Cl3N2O3/c1-30-22-13(10-14(24)11-18(22)26)6-9-21(29)27-15-7-8-17(25)16(12-15)23-28-19-4-2-3-5-20(19)31-23/h2-12H,1H3,(H,27,29). The van der Waals surface area contributed by atoms with Crippen molar-refractivity contribution in [3.8, 4) is 17.2 Å². The SMILES string of the molecule is COc1c(Cl)cc(Cl)cc1C=CC(=O)Nc1ccc(Cl)c(-c2nc3ccccc3o2)c1. The van der Waals surface area contributed by atoms with E-state index in [9.17, 15) is 4.79 Å². The van der Waals surface area contributed by atoms with Crippen LogP contribution in [0.3, 0.4) is 0 Å². The molecule has 0 radical (unpaired) electrons. The summed E-state index contributed by atoms with van der Waals surface area (Å²) in [4.78, 5) is 16.9. The lowest BCUT2D eigenvalue weighted by Crippen LogP contribution is -2.07. The number of carbonyl (C=O) groups is 1. The Bertz CT molecular complexity index is 1280. The molecule has 0 atom stereocenters. The zero-order valence-corrected chi connectivity index (χ0v) is 18.4. The minimum atomic E-state index is -0.357.